The van der Waals surface area contributed by atoms with Gasteiger partial charge in [0.05, 0.1) is 18.1 Å². The average Bonchev–Trinajstić information content (AvgIpc) is 3.27. The van der Waals surface area contributed by atoms with Gasteiger partial charge in [-0.2, -0.15) is 4.98 Å². The second-order valence-electron chi connectivity index (χ2n) is 6.27. The minimum absolute atomic E-state index is 0.100. The summed E-state index contributed by atoms with van der Waals surface area (Å²) in [6, 6.07) is 8.44. The molecule has 4 heterocycles. The van der Waals surface area contributed by atoms with Crippen molar-refractivity contribution in [2.75, 3.05) is 5.32 Å². The summed E-state index contributed by atoms with van der Waals surface area (Å²) in [4.78, 5) is 4.66. The fourth-order valence-electron chi connectivity index (χ4n) is 3.90. The Kier molecular flexibility index (Phi) is 2.41. The van der Waals surface area contributed by atoms with E-state index in [0.29, 0.717) is 24.0 Å². The fourth-order valence-corrected chi connectivity index (χ4v) is 3.90. The minimum Gasteiger partial charge on any atom is -0.374 e. The highest BCUT2D eigenvalue weighted by molar-refractivity contribution is 5.56. The Hall–Kier alpha value is -1.88. The first-order chi connectivity index (χ1) is 10.4. The Morgan fingerprint density at radius 1 is 1.19 bits per heavy atom. The summed E-state index contributed by atoms with van der Waals surface area (Å²) in [5.74, 6) is 1.85. The molecule has 0 saturated carbocycles. The zero-order chi connectivity index (χ0) is 13.8. The second kappa shape index (κ2) is 4.31. The molecule has 0 aliphatic carbocycles. The highest BCUT2D eigenvalue weighted by atomic mass is 16.5. The second-order valence-corrected chi connectivity index (χ2v) is 6.27. The highest BCUT2D eigenvalue weighted by Gasteiger charge is 2.44. The summed E-state index contributed by atoms with van der Waals surface area (Å²) in [6.45, 7) is 0. The predicted octanol–water partition coefficient (Wildman–Crippen LogP) is 2.81. The fraction of sp³-hybridized carbons (Fsp3) is 0.500. The van der Waals surface area contributed by atoms with E-state index < -0.39 is 0 Å². The number of benzene rings is 1. The molecule has 0 radical (unpaired) electrons. The van der Waals surface area contributed by atoms with Crippen molar-refractivity contribution in [3.63, 3.8) is 0 Å². The Bertz CT molecular complexity index is 659. The van der Waals surface area contributed by atoms with Crippen LogP contribution in [0.4, 0.5) is 5.69 Å². The summed E-state index contributed by atoms with van der Waals surface area (Å²) in [5.41, 5.74) is 2.48. The molecule has 1 N–H and O–H groups in total. The van der Waals surface area contributed by atoms with Crippen molar-refractivity contribution in [2.24, 2.45) is 0 Å². The molecule has 0 spiro atoms. The molecule has 2 fully saturated rings. The summed E-state index contributed by atoms with van der Waals surface area (Å²) in [7, 11) is 0. The number of hydrogen-bond acceptors (Lipinski definition) is 5. The number of anilines is 1. The third-order valence-electron chi connectivity index (χ3n) is 4.96. The van der Waals surface area contributed by atoms with Gasteiger partial charge >= 0.3 is 0 Å². The number of nitrogens with zero attached hydrogens (tertiary/aromatic N) is 2. The van der Waals surface area contributed by atoms with Gasteiger partial charge in [-0.05, 0) is 30.9 Å². The van der Waals surface area contributed by atoms with E-state index in [1.807, 2.05) is 6.07 Å². The maximum Gasteiger partial charge on any atom is 0.249 e. The Balaban J connectivity index is 1.38. The smallest absolute Gasteiger partial charge is 0.249 e. The molecule has 2 aromatic rings. The molecule has 2 bridgehead atoms. The predicted molar refractivity (Wildman–Crippen MR) is 76.1 cm³/mol. The lowest BCUT2D eigenvalue weighted by atomic mass is 9.89. The molecule has 3 aliphatic rings. The molecule has 2 saturated heterocycles. The Morgan fingerprint density at radius 2 is 2.14 bits per heavy atom. The van der Waals surface area contributed by atoms with E-state index in [1.165, 1.54) is 17.7 Å². The summed E-state index contributed by atoms with van der Waals surface area (Å²) >= 11 is 0. The standard InChI is InChI=1S/C16H17N3O2/c1-2-4-12-9(3-1)7-13(17-12)16-18-15(19-21-16)11-8-10-5-6-14(11)20-10/h1-4,10-11,13-14,17H,5-8H2/t10?,11?,13-,14?/m0/s1. The lowest BCUT2D eigenvalue weighted by Gasteiger charge is -2.13. The molecule has 108 valence electrons. The molecule has 5 nitrogen and oxygen atoms in total. The zero-order valence-electron chi connectivity index (χ0n) is 11.7. The molecule has 3 aliphatic heterocycles. The van der Waals surface area contributed by atoms with E-state index in [4.69, 9.17) is 9.26 Å². The lowest BCUT2D eigenvalue weighted by molar-refractivity contribution is 0.0996. The monoisotopic (exact) mass is 283 g/mol. The number of hydrogen-bond donors (Lipinski definition) is 1. The zero-order valence-corrected chi connectivity index (χ0v) is 11.7. The van der Waals surface area contributed by atoms with Crippen LogP contribution in [-0.4, -0.2) is 22.3 Å². The van der Waals surface area contributed by atoms with Crippen LogP contribution >= 0.6 is 0 Å². The largest absolute Gasteiger partial charge is 0.374 e. The van der Waals surface area contributed by atoms with Crippen molar-refractivity contribution >= 4 is 5.69 Å². The SMILES string of the molecule is c1ccc2c(c1)C[C@@H](c1nc(C3CC4CCC3O4)no1)N2. The van der Waals surface area contributed by atoms with Crippen LogP contribution in [0.25, 0.3) is 0 Å². The van der Waals surface area contributed by atoms with Crippen molar-refractivity contribution in [1.82, 2.24) is 10.1 Å². The van der Waals surface area contributed by atoms with Crippen LogP contribution in [0.15, 0.2) is 28.8 Å². The van der Waals surface area contributed by atoms with Gasteiger partial charge in [0, 0.05) is 12.1 Å². The highest BCUT2D eigenvalue weighted by Crippen LogP contribution is 2.44. The third-order valence-corrected chi connectivity index (χ3v) is 4.96. The van der Waals surface area contributed by atoms with E-state index >= 15 is 0 Å². The number of ether oxygens (including phenoxy) is 1. The summed E-state index contributed by atoms with van der Waals surface area (Å²) in [5, 5.41) is 7.68. The normalized spacial score (nSPS) is 33.1. The molecule has 1 aromatic heterocycles. The first kappa shape index (κ1) is 11.7. The number of aromatic nitrogens is 2. The molecule has 3 unspecified atom stereocenters. The lowest BCUT2D eigenvalue weighted by Crippen LogP contribution is -2.16. The van der Waals surface area contributed by atoms with Crippen LogP contribution in [-0.2, 0) is 11.2 Å². The first-order valence-electron chi connectivity index (χ1n) is 7.70. The molecule has 5 heteroatoms. The van der Waals surface area contributed by atoms with Crippen molar-refractivity contribution in [3.8, 4) is 0 Å². The van der Waals surface area contributed by atoms with E-state index in [2.05, 4.69) is 33.7 Å². The van der Waals surface area contributed by atoms with Gasteiger partial charge in [0.15, 0.2) is 5.82 Å². The summed E-state index contributed by atoms with van der Waals surface area (Å²) in [6.07, 6.45) is 4.98. The Morgan fingerprint density at radius 3 is 2.95 bits per heavy atom. The molecule has 21 heavy (non-hydrogen) atoms. The van der Waals surface area contributed by atoms with Gasteiger partial charge in [0.1, 0.15) is 6.04 Å². The van der Waals surface area contributed by atoms with Gasteiger partial charge < -0.3 is 14.6 Å². The van der Waals surface area contributed by atoms with Gasteiger partial charge in [0.2, 0.25) is 5.89 Å². The van der Waals surface area contributed by atoms with Gasteiger partial charge in [-0.3, -0.25) is 0 Å². The number of fused-ring (bicyclic) bond motifs is 3. The first-order valence-corrected chi connectivity index (χ1v) is 7.70. The molecule has 5 rings (SSSR count). The molecule has 4 atom stereocenters. The molecule has 0 amide bonds. The average molecular weight is 283 g/mol. The molecular formula is C16H17N3O2. The molecule has 1 aromatic carbocycles. The van der Waals surface area contributed by atoms with Crippen LogP contribution in [0.3, 0.4) is 0 Å². The van der Waals surface area contributed by atoms with E-state index in [-0.39, 0.29) is 6.04 Å². The minimum atomic E-state index is 0.100. The van der Waals surface area contributed by atoms with Gasteiger partial charge in [-0.15, -0.1) is 0 Å². The van der Waals surface area contributed by atoms with Crippen molar-refractivity contribution in [3.05, 3.63) is 41.5 Å². The quantitative estimate of drug-likeness (QED) is 0.918. The number of nitrogens with one attached hydrogen (secondary N) is 1. The number of para-hydroxylation sites is 1. The van der Waals surface area contributed by atoms with Crippen molar-refractivity contribution in [1.29, 1.82) is 0 Å². The Labute approximate surface area is 122 Å². The van der Waals surface area contributed by atoms with Crippen LogP contribution in [0.2, 0.25) is 0 Å². The van der Waals surface area contributed by atoms with E-state index in [0.717, 1.165) is 25.1 Å². The van der Waals surface area contributed by atoms with Gasteiger partial charge in [-0.1, -0.05) is 23.4 Å². The van der Waals surface area contributed by atoms with E-state index in [1.54, 1.807) is 0 Å². The maximum atomic E-state index is 5.89. The van der Waals surface area contributed by atoms with E-state index in [9.17, 15) is 0 Å². The van der Waals surface area contributed by atoms with Gasteiger partial charge in [-0.25, -0.2) is 0 Å². The van der Waals surface area contributed by atoms with Crippen LogP contribution in [0.5, 0.6) is 0 Å². The number of rotatable bonds is 2. The van der Waals surface area contributed by atoms with Crippen LogP contribution < -0.4 is 5.32 Å². The van der Waals surface area contributed by atoms with Gasteiger partial charge in [0.25, 0.3) is 0 Å². The third kappa shape index (κ3) is 1.80. The van der Waals surface area contributed by atoms with Crippen molar-refractivity contribution in [2.45, 2.75) is 49.9 Å². The van der Waals surface area contributed by atoms with Crippen LogP contribution in [0, 0.1) is 0 Å². The topological polar surface area (TPSA) is 60.2 Å². The summed E-state index contributed by atoms with van der Waals surface area (Å²) < 4.78 is 11.4. The molecular weight excluding hydrogens is 266 g/mol. The van der Waals surface area contributed by atoms with Crippen LogP contribution in [0.1, 0.15) is 48.5 Å². The maximum absolute atomic E-state index is 5.89. The van der Waals surface area contributed by atoms with Crippen molar-refractivity contribution < 1.29 is 9.26 Å².